The van der Waals surface area contributed by atoms with Gasteiger partial charge in [-0.05, 0) is 11.8 Å². The van der Waals surface area contributed by atoms with Crippen LogP contribution in [0.4, 0.5) is 0 Å². The summed E-state index contributed by atoms with van der Waals surface area (Å²) in [7, 11) is 0. The Kier molecular flexibility index (Phi) is 3.67. The van der Waals surface area contributed by atoms with E-state index in [1.165, 1.54) is 0 Å². The molecule has 0 aromatic carbocycles. The molecule has 2 atom stereocenters. The van der Waals surface area contributed by atoms with Crippen LogP contribution in [0.1, 0.15) is 33.6 Å². The number of Topliss-reactive ketones (excluding diaryl/α,β-unsaturated/α-hetero) is 1. The van der Waals surface area contributed by atoms with Gasteiger partial charge in [0.15, 0.2) is 0 Å². The summed E-state index contributed by atoms with van der Waals surface area (Å²) < 4.78 is 5.18. The maximum absolute atomic E-state index is 11.7. The summed E-state index contributed by atoms with van der Waals surface area (Å²) >= 11 is 0. The zero-order valence-electron chi connectivity index (χ0n) is 9.38. The van der Waals surface area contributed by atoms with Gasteiger partial charge in [0, 0.05) is 25.0 Å². The van der Waals surface area contributed by atoms with Crippen molar-refractivity contribution in [2.45, 2.75) is 39.7 Å². The van der Waals surface area contributed by atoms with E-state index in [1.54, 1.807) is 0 Å². The van der Waals surface area contributed by atoms with Crippen LogP contribution in [0.15, 0.2) is 0 Å². The molecule has 0 aromatic heterocycles. The Morgan fingerprint density at radius 1 is 1.57 bits per heavy atom. The first kappa shape index (κ1) is 11.7. The molecule has 0 bridgehead atoms. The van der Waals surface area contributed by atoms with E-state index in [4.69, 9.17) is 10.5 Å². The summed E-state index contributed by atoms with van der Waals surface area (Å²) in [4.78, 5) is 11.7. The summed E-state index contributed by atoms with van der Waals surface area (Å²) in [5.41, 5.74) is 5.97. The predicted octanol–water partition coefficient (Wildman–Crippen LogP) is 1.36. The minimum Gasteiger partial charge on any atom is -0.381 e. The summed E-state index contributed by atoms with van der Waals surface area (Å²) in [5.74, 6) is 0.369. The molecule has 14 heavy (non-hydrogen) atoms. The molecule has 1 heterocycles. The fraction of sp³-hybridized carbons (Fsp3) is 0.909. The molecular weight excluding hydrogens is 178 g/mol. The number of carbonyl (C=O) groups is 1. The highest BCUT2D eigenvalue weighted by molar-refractivity contribution is 5.82. The van der Waals surface area contributed by atoms with Crippen molar-refractivity contribution in [2.24, 2.45) is 17.1 Å². The smallest absolute Gasteiger partial charge is 0.139 e. The maximum Gasteiger partial charge on any atom is 0.139 e. The minimum atomic E-state index is -0.0457. The van der Waals surface area contributed by atoms with Crippen molar-refractivity contribution in [3.05, 3.63) is 0 Å². The second-order valence-corrected chi connectivity index (χ2v) is 5.20. The van der Waals surface area contributed by atoms with Gasteiger partial charge in [-0.3, -0.25) is 4.79 Å². The number of nitrogens with two attached hydrogens (primary N) is 1. The molecule has 1 fully saturated rings. The highest BCUT2D eigenvalue weighted by Crippen LogP contribution is 2.23. The van der Waals surface area contributed by atoms with Crippen LogP contribution in [0, 0.1) is 11.3 Å². The lowest BCUT2D eigenvalue weighted by atomic mass is 9.82. The van der Waals surface area contributed by atoms with Gasteiger partial charge in [0.25, 0.3) is 0 Å². The zero-order valence-corrected chi connectivity index (χ0v) is 9.38. The van der Waals surface area contributed by atoms with Gasteiger partial charge in [-0.25, -0.2) is 0 Å². The highest BCUT2D eigenvalue weighted by atomic mass is 16.5. The van der Waals surface area contributed by atoms with E-state index in [0.29, 0.717) is 13.0 Å². The minimum absolute atomic E-state index is 0.00905. The van der Waals surface area contributed by atoms with Gasteiger partial charge >= 0.3 is 0 Å². The lowest BCUT2D eigenvalue weighted by molar-refractivity contribution is -0.123. The Hall–Kier alpha value is -0.410. The molecule has 2 unspecified atom stereocenters. The van der Waals surface area contributed by atoms with Gasteiger partial charge in [-0.15, -0.1) is 0 Å². The zero-order chi connectivity index (χ0) is 10.8. The van der Waals surface area contributed by atoms with E-state index in [2.05, 4.69) is 20.8 Å². The molecule has 3 nitrogen and oxygen atoms in total. The molecule has 0 spiro atoms. The Balaban J connectivity index is 2.40. The summed E-state index contributed by atoms with van der Waals surface area (Å²) in [6, 6.07) is -0.0457. The average Bonchev–Trinajstić information content (AvgIpc) is 2.53. The fourth-order valence-electron chi connectivity index (χ4n) is 1.48. The van der Waals surface area contributed by atoms with E-state index >= 15 is 0 Å². The van der Waals surface area contributed by atoms with Gasteiger partial charge in [-0.1, -0.05) is 20.8 Å². The average molecular weight is 199 g/mol. The first-order valence-electron chi connectivity index (χ1n) is 5.27. The SMILES string of the molecule is CC(C)(C)C(N)CC(=O)C1CCOC1. The first-order chi connectivity index (χ1) is 6.41. The number of hydrogen-bond donors (Lipinski definition) is 1. The third-order valence-corrected chi connectivity index (χ3v) is 2.92. The molecule has 3 heteroatoms. The van der Waals surface area contributed by atoms with Crippen LogP contribution in [-0.4, -0.2) is 25.0 Å². The van der Waals surface area contributed by atoms with Gasteiger partial charge in [-0.2, -0.15) is 0 Å². The Labute approximate surface area is 86.0 Å². The maximum atomic E-state index is 11.7. The van der Waals surface area contributed by atoms with Gasteiger partial charge in [0.05, 0.1) is 6.61 Å². The lowest BCUT2D eigenvalue weighted by Gasteiger charge is -2.27. The standard InChI is InChI=1S/C11H21NO2/c1-11(2,3)10(12)6-9(13)8-4-5-14-7-8/h8,10H,4-7,12H2,1-3H3. The third-order valence-electron chi connectivity index (χ3n) is 2.92. The number of carbonyl (C=O) groups excluding carboxylic acids is 1. The Morgan fingerprint density at radius 2 is 2.21 bits per heavy atom. The van der Waals surface area contributed by atoms with Crippen molar-refractivity contribution in [3.63, 3.8) is 0 Å². The van der Waals surface area contributed by atoms with E-state index in [1.807, 2.05) is 0 Å². The van der Waals surface area contributed by atoms with Crippen molar-refractivity contribution >= 4 is 5.78 Å². The van der Waals surface area contributed by atoms with Crippen molar-refractivity contribution in [1.82, 2.24) is 0 Å². The molecule has 1 aliphatic rings. The van der Waals surface area contributed by atoms with Gasteiger partial charge in [0.2, 0.25) is 0 Å². The van der Waals surface area contributed by atoms with Crippen LogP contribution in [0.25, 0.3) is 0 Å². The normalized spacial score (nSPS) is 25.0. The molecule has 82 valence electrons. The Morgan fingerprint density at radius 3 is 2.64 bits per heavy atom. The van der Waals surface area contributed by atoms with Crippen LogP contribution < -0.4 is 5.73 Å². The fourth-order valence-corrected chi connectivity index (χ4v) is 1.48. The quantitative estimate of drug-likeness (QED) is 0.746. The molecule has 1 rings (SSSR count). The molecule has 0 saturated carbocycles. The molecule has 0 aromatic rings. The largest absolute Gasteiger partial charge is 0.381 e. The van der Waals surface area contributed by atoms with E-state index < -0.39 is 0 Å². The van der Waals surface area contributed by atoms with Crippen molar-refractivity contribution in [3.8, 4) is 0 Å². The van der Waals surface area contributed by atoms with Crippen LogP contribution in [0.3, 0.4) is 0 Å². The molecule has 1 saturated heterocycles. The van der Waals surface area contributed by atoms with Gasteiger partial charge < -0.3 is 10.5 Å². The first-order valence-corrected chi connectivity index (χ1v) is 5.27. The summed E-state index contributed by atoms with van der Waals surface area (Å²) in [6.07, 6.45) is 1.35. The molecule has 2 N–H and O–H groups in total. The summed E-state index contributed by atoms with van der Waals surface area (Å²) in [5, 5.41) is 0. The highest BCUT2D eigenvalue weighted by Gasteiger charge is 2.28. The second-order valence-electron chi connectivity index (χ2n) is 5.20. The molecule has 0 aliphatic carbocycles. The van der Waals surface area contributed by atoms with E-state index in [0.717, 1.165) is 13.0 Å². The topological polar surface area (TPSA) is 52.3 Å². The van der Waals surface area contributed by atoms with Crippen LogP contribution >= 0.6 is 0 Å². The van der Waals surface area contributed by atoms with E-state index in [-0.39, 0.29) is 23.2 Å². The number of rotatable bonds is 3. The van der Waals surface area contributed by atoms with Crippen molar-refractivity contribution < 1.29 is 9.53 Å². The number of hydrogen-bond acceptors (Lipinski definition) is 3. The molecule has 1 aliphatic heterocycles. The second kappa shape index (κ2) is 4.41. The molecule has 0 amide bonds. The monoisotopic (exact) mass is 199 g/mol. The third kappa shape index (κ3) is 3.07. The number of ether oxygens (including phenoxy) is 1. The number of ketones is 1. The van der Waals surface area contributed by atoms with Crippen LogP contribution in [-0.2, 0) is 9.53 Å². The van der Waals surface area contributed by atoms with Crippen LogP contribution in [0.2, 0.25) is 0 Å². The van der Waals surface area contributed by atoms with Gasteiger partial charge in [0.1, 0.15) is 5.78 Å². The Bertz CT molecular complexity index is 202. The van der Waals surface area contributed by atoms with Crippen molar-refractivity contribution in [2.75, 3.05) is 13.2 Å². The van der Waals surface area contributed by atoms with Crippen molar-refractivity contribution in [1.29, 1.82) is 0 Å². The van der Waals surface area contributed by atoms with Crippen LogP contribution in [0.5, 0.6) is 0 Å². The lowest BCUT2D eigenvalue weighted by Crippen LogP contribution is -2.38. The predicted molar refractivity (Wildman–Crippen MR) is 56.0 cm³/mol. The summed E-state index contributed by atoms with van der Waals surface area (Å²) in [6.45, 7) is 7.51. The molecular formula is C11H21NO2. The molecule has 0 radical (unpaired) electrons. The van der Waals surface area contributed by atoms with E-state index in [9.17, 15) is 4.79 Å².